The number of hydrogen-bond donors (Lipinski definition) is 2. The smallest absolute Gasteiger partial charge is 0.330 e. The molecule has 1 heterocycles. The minimum atomic E-state index is -0.376. The molecule has 0 bridgehead atoms. The Morgan fingerprint density at radius 2 is 1.48 bits per heavy atom. The van der Waals surface area contributed by atoms with Gasteiger partial charge in [-0.25, -0.2) is 9.78 Å². The molecule has 3 aromatic carbocycles. The lowest BCUT2D eigenvalue weighted by Crippen LogP contribution is -2.25. The second-order valence-corrected chi connectivity index (χ2v) is 9.86. The number of esters is 1. The Balaban J connectivity index is 1.69. The van der Waals surface area contributed by atoms with Crippen LogP contribution in [0.5, 0.6) is 0 Å². The van der Waals surface area contributed by atoms with Crippen LogP contribution in [0.3, 0.4) is 0 Å². The van der Waals surface area contributed by atoms with Crippen molar-refractivity contribution >= 4 is 23.4 Å². The zero-order valence-corrected chi connectivity index (χ0v) is 24.0. The molecule has 0 fully saturated rings. The molecular formula is C34H40N4O2. The summed E-state index contributed by atoms with van der Waals surface area (Å²) in [6, 6.07) is 25.1. The summed E-state index contributed by atoms with van der Waals surface area (Å²) >= 11 is 0. The van der Waals surface area contributed by atoms with E-state index in [9.17, 15) is 4.79 Å². The summed E-state index contributed by atoms with van der Waals surface area (Å²) in [5.74, 6) is 0.418. The highest BCUT2D eigenvalue weighted by molar-refractivity contribution is 5.87. The molecule has 0 unspecified atom stereocenters. The average molecular weight is 537 g/mol. The molecular weight excluding hydrogens is 496 g/mol. The van der Waals surface area contributed by atoms with Gasteiger partial charge in [0.25, 0.3) is 0 Å². The van der Waals surface area contributed by atoms with Crippen LogP contribution < -0.4 is 10.2 Å². The van der Waals surface area contributed by atoms with Crippen molar-refractivity contribution in [2.45, 2.75) is 39.5 Å². The number of unbranched alkanes of at least 4 members (excludes halogenated alkanes) is 2. The highest BCUT2D eigenvalue weighted by atomic mass is 16.5. The fourth-order valence-electron chi connectivity index (χ4n) is 4.61. The molecule has 0 saturated carbocycles. The van der Waals surface area contributed by atoms with Gasteiger partial charge in [0.15, 0.2) is 0 Å². The van der Waals surface area contributed by atoms with Gasteiger partial charge in [0, 0.05) is 54.3 Å². The van der Waals surface area contributed by atoms with E-state index >= 15 is 0 Å². The maximum atomic E-state index is 11.4. The zero-order chi connectivity index (χ0) is 28.3. The van der Waals surface area contributed by atoms with Crippen molar-refractivity contribution in [3.05, 3.63) is 84.4 Å². The minimum Gasteiger partial charge on any atom is -0.466 e. The van der Waals surface area contributed by atoms with Crippen LogP contribution in [-0.2, 0) is 9.53 Å². The summed E-state index contributed by atoms with van der Waals surface area (Å²) < 4.78 is 4.69. The third kappa shape index (κ3) is 7.20. The number of anilines is 2. The molecule has 0 aliphatic rings. The van der Waals surface area contributed by atoms with Crippen LogP contribution >= 0.6 is 0 Å². The van der Waals surface area contributed by atoms with E-state index in [2.05, 4.69) is 82.3 Å². The number of carbonyl (C=O) groups excluding carboxylic acids is 1. The third-order valence-electron chi connectivity index (χ3n) is 7.03. The predicted octanol–water partition coefficient (Wildman–Crippen LogP) is 8.05. The first-order valence-electron chi connectivity index (χ1n) is 14.2. The molecule has 0 saturated heterocycles. The summed E-state index contributed by atoms with van der Waals surface area (Å²) in [4.78, 5) is 22.6. The maximum Gasteiger partial charge on any atom is 0.330 e. The number of ether oxygens (including phenoxy) is 1. The number of nitrogens with zero attached hydrogens (tertiary/aromatic N) is 2. The van der Waals surface area contributed by atoms with E-state index in [0.717, 1.165) is 58.2 Å². The number of aromatic nitrogens is 2. The van der Waals surface area contributed by atoms with Crippen LogP contribution in [0.25, 0.3) is 40.0 Å². The molecule has 6 heteroatoms. The maximum absolute atomic E-state index is 11.4. The highest BCUT2D eigenvalue weighted by Crippen LogP contribution is 2.34. The van der Waals surface area contributed by atoms with Crippen molar-refractivity contribution < 1.29 is 9.53 Å². The van der Waals surface area contributed by atoms with Crippen molar-refractivity contribution in [2.75, 3.05) is 37.5 Å². The Bertz CT molecular complexity index is 1380. The van der Waals surface area contributed by atoms with E-state index in [1.165, 1.54) is 44.6 Å². The normalized spacial score (nSPS) is 11.1. The van der Waals surface area contributed by atoms with Crippen LogP contribution in [0.1, 0.15) is 45.1 Å². The molecule has 4 aromatic rings. The molecule has 0 spiro atoms. The fraction of sp³-hybridized carbons (Fsp3) is 0.294. The van der Waals surface area contributed by atoms with Crippen LogP contribution in [0.2, 0.25) is 0 Å². The lowest BCUT2D eigenvalue weighted by molar-refractivity contribution is -0.134. The number of nitrogens with one attached hydrogen (secondary N) is 2. The second kappa shape index (κ2) is 14.2. The monoisotopic (exact) mass is 536 g/mol. The Morgan fingerprint density at radius 1 is 0.875 bits per heavy atom. The number of benzene rings is 3. The van der Waals surface area contributed by atoms with Gasteiger partial charge in [-0.2, -0.15) is 0 Å². The zero-order valence-electron chi connectivity index (χ0n) is 24.0. The van der Waals surface area contributed by atoms with Gasteiger partial charge in [0.2, 0.25) is 0 Å². The lowest BCUT2D eigenvalue weighted by Gasteiger charge is -2.25. The molecule has 208 valence electrons. The average Bonchev–Trinajstić information content (AvgIpc) is 3.46. The largest absolute Gasteiger partial charge is 0.466 e. The van der Waals surface area contributed by atoms with Crippen molar-refractivity contribution in [3.8, 4) is 33.9 Å². The molecule has 40 heavy (non-hydrogen) atoms. The summed E-state index contributed by atoms with van der Waals surface area (Å²) in [5.41, 5.74) is 8.24. The molecule has 1 aromatic heterocycles. The van der Waals surface area contributed by atoms with Crippen LogP contribution in [0.15, 0.2) is 78.9 Å². The van der Waals surface area contributed by atoms with Crippen LogP contribution in [-0.4, -0.2) is 43.2 Å². The summed E-state index contributed by atoms with van der Waals surface area (Å²) in [6.07, 6.45) is 7.92. The van der Waals surface area contributed by atoms with E-state index < -0.39 is 0 Å². The van der Waals surface area contributed by atoms with Gasteiger partial charge in [-0.3, -0.25) is 0 Å². The van der Waals surface area contributed by atoms with Gasteiger partial charge >= 0.3 is 5.97 Å². The van der Waals surface area contributed by atoms with Crippen molar-refractivity contribution in [1.29, 1.82) is 0 Å². The number of aromatic amines is 1. The van der Waals surface area contributed by atoms with Crippen molar-refractivity contribution in [2.24, 2.45) is 0 Å². The molecule has 0 radical (unpaired) electrons. The number of hydrogen-bond acceptors (Lipinski definition) is 5. The fourth-order valence-corrected chi connectivity index (χ4v) is 4.61. The van der Waals surface area contributed by atoms with E-state index in [1.54, 1.807) is 6.08 Å². The van der Waals surface area contributed by atoms with Crippen molar-refractivity contribution in [1.82, 2.24) is 9.97 Å². The molecule has 0 atom stereocenters. The number of methoxy groups -OCH3 is 1. The van der Waals surface area contributed by atoms with Gasteiger partial charge in [-0.15, -0.1) is 0 Å². The number of rotatable bonds is 13. The Hall–Kier alpha value is -4.32. The number of imidazole rings is 1. The standard InChI is InChI=1S/C34H40N4O2/c1-5-7-23-38(24-8-6-2)30-20-16-27(17-21-30)33-32(26-14-18-29(35-3)19-15-26)36-34(37-33)28-12-9-25(10-13-28)11-22-31(39)40-4/h9-22,35H,5-8,23-24H2,1-4H3,(H,36,37)/b22-11+. The summed E-state index contributed by atoms with van der Waals surface area (Å²) in [5, 5.41) is 3.19. The van der Waals surface area contributed by atoms with Crippen LogP contribution in [0.4, 0.5) is 11.4 Å². The van der Waals surface area contributed by atoms with Gasteiger partial charge in [-0.05, 0) is 48.7 Å². The third-order valence-corrected chi connectivity index (χ3v) is 7.03. The molecule has 2 N–H and O–H groups in total. The molecule has 4 rings (SSSR count). The topological polar surface area (TPSA) is 70.2 Å². The summed E-state index contributed by atoms with van der Waals surface area (Å²) in [6.45, 7) is 6.65. The summed E-state index contributed by atoms with van der Waals surface area (Å²) in [7, 11) is 3.29. The lowest BCUT2D eigenvalue weighted by atomic mass is 10.0. The Labute approximate surface area is 238 Å². The number of carbonyl (C=O) groups is 1. The molecule has 0 aliphatic carbocycles. The number of H-pyrrole nitrogens is 1. The van der Waals surface area contributed by atoms with Gasteiger partial charge in [0.1, 0.15) is 5.82 Å². The Kier molecular flexibility index (Phi) is 10.2. The van der Waals surface area contributed by atoms with E-state index in [-0.39, 0.29) is 5.97 Å². The quantitative estimate of drug-likeness (QED) is 0.134. The van der Waals surface area contributed by atoms with E-state index in [4.69, 9.17) is 4.98 Å². The van der Waals surface area contributed by atoms with Gasteiger partial charge in [-0.1, -0.05) is 75.2 Å². The van der Waals surface area contributed by atoms with Crippen molar-refractivity contribution in [3.63, 3.8) is 0 Å². The minimum absolute atomic E-state index is 0.376. The van der Waals surface area contributed by atoms with Crippen LogP contribution in [0, 0.1) is 0 Å². The Morgan fingerprint density at radius 3 is 2.05 bits per heavy atom. The SMILES string of the molecule is CCCCN(CCCC)c1ccc(-c2nc(-c3ccc(/C=C/C(=O)OC)cc3)[nH]c2-c2ccc(NC)cc2)cc1. The van der Waals surface area contributed by atoms with E-state index in [1.807, 2.05) is 31.3 Å². The van der Waals surface area contributed by atoms with Gasteiger partial charge in [0.05, 0.1) is 18.5 Å². The first-order chi connectivity index (χ1) is 19.6. The van der Waals surface area contributed by atoms with E-state index in [0.29, 0.717) is 0 Å². The molecule has 0 aliphatic heterocycles. The predicted molar refractivity (Wildman–Crippen MR) is 168 cm³/mol. The first kappa shape index (κ1) is 28.7. The van der Waals surface area contributed by atoms with Gasteiger partial charge < -0.3 is 19.9 Å². The molecule has 6 nitrogen and oxygen atoms in total. The molecule has 0 amide bonds. The highest BCUT2D eigenvalue weighted by Gasteiger charge is 2.16. The second-order valence-electron chi connectivity index (χ2n) is 9.86. The first-order valence-corrected chi connectivity index (χ1v) is 14.2.